The molecule has 1 saturated heterocycles. The maximum atomic E-state index is 13.0. The van der Waals surface area contributed by atoms with Gasteiger partial charge in [-0.25, -0.2) is 4.57 Å². The lowest BCUT2D eigenvalue weighted by Crippen LogP contribution is -2.30. The molecule has 0 spiro atoms. The van der Waals surface area contributed by atoms with Gasteiger partial charge in [-0.1, -0.05) is 35.5 Å². The molecule has 162 valence electrons. The number of amidine groups is 1. The number of likely N-dealkylation sites (N-methyl/N-ethyl adjacent to an activating group) is 1. The number of aliphatic imine (C=N–C) groups is 1. The van der Waals surface area contributed by atoms with E-state index in [4.69, 9.17) is 16.6 Å². The second-order valence-corrected chi connectivity index (χ2v) is 10.8. The lowest BCUT2D eigenvalue weighted by molar-refractivity contribution is -0.627. The zero-order valence-corrected chi connectivity index (χ0v) is 20.9. The molecule has 3 heterocycles. The maximum Gasteiger partial charge on any atom is 0.385 e. The Morgan fingerprint density at radius 3 is 2.75 bits per heavy atom. The number of thiazole rings is 1. The van der Waals surface area contributed by atoms with Crippen LogP contribution in [0.1, 0.15) is 6.92 Å². The van der Waals surface area contributed by atoms with Crippen LogP contribution in [0.25, 0.3) is 10.2 Å². The Hall–Kier alpha value is -2.26. The van der Waals surface area contributed by atoms with Crippen LogP contribution >= 0.6 is 46.5 Å². The molecule has 0 saturated carbocycles. The Morgan fingerprint density at radius 1 is 1.16 bits per heavy atom. The first-order valence-corrected chi connectivity index (χ1v) is 12.9. The number of amides is 1. The molecule has 1 aromatic heterocycles. The second-order valence-electron chi connectivity index (χ2n) is 7.27. The van der Waals surface area contributed by atoms with Crippen LogP contribution in [0.2, 0.25) is 5.02 Å². The van der Waals surface area contributed by atoms with Gasteiger partial charge < -0.3 is 4.90 Å². The van der Waals surface area contributed by atoms with Crippen LogP contribution in [-0.2, 0) is 11.8 Å². The molecular weight excluding hydrogens is 480 g/mol. The third-order valence-corrected chi connectivity index (χ3v) is 8.85. The predicted molar refractivity (Wildman–Crippen MR) is 137 cm³/mol. The Balaban J connectivity index is 1.45. The highest BCUT2D eigenvalue weighted by molar-refractivity contribution is 8.18. The number of hydrogen-bond donors (Lipinski definition) is 0. The van der Waals surface area contributed by atoms with Gasteiger partial charge in [-0.3, -0.25) is 9.69 Å². The predicted octanol–water partition coefficient (Wildman–Crippen LogP) is 5.93. The zero-order valence-electron chi connectivity index (χ0n) is 17.7. The highest BCUT2D eigenvalue weighted by Crippen LogP contribution is 2.45. The summed E-state index contributed by atoms with van der Waals surface area (Å²) in [6, 6.07) is 14.1. The van der Waals surface area contributed by atoms with E-state index >= 15 is 0 Å². The standard InChI is InChI=1S/C23H20ClN4OS3/c1-4-28-21(29)18(11-12-20-26(2)15-7-5-6-8-17(15)30-20)31-23(28)25-22-27(3)16-10-9-14(24)13-19(16)32-22/h5-13H,4H2,1-3H3/q+1/b18-11-,20-12-. The SMILES string of the molecule is CCN1C(=O)/C(=C/C=C2\Sc3ccccc3N2C)S/C1=N\c1sc2cc(Cl)ccc2[n+]1C. The fourth-order valence-electron chi connectivity index (χ4n) is 3.59. The van der Waals surface area contributed by atoms with Gasteiger partial charge in [0.25, 0.3) is 11.1 Å². The lowest BCUT2D eigenvalue weighted by Gasteiger charge is -2.12. The Morgan fingerprint density at radius 2 is 1.97 bits per heavy atom. The minimum Gasteiger partial charge on any atom is -0.338 e. The van der Waals surface area contributed by atoms with Crippen LogP contribution in [0.3, 0.4) is 0 Å². The van der Waals surface area contributed by atoms with E-state index in [-0.39, 0.29) is 5.91 Å². The number of aromatic nitrogens is 1. The van der Waals surface area contributed by atoms with Crippen molar-refractivity contribution in [1.82, 2.24) is 4.90 Å². The van der Waals surface area contributed by atoms with Crippen LogP contribution in [0.4, 0.5) is 10.8 Å². The van der Waals surface area contributed by atoms with Gasteiger partial charge in [-0.15, -0.1) is 0 Å². The van der Waals surface area contributed by atoms with E-state index in [0.717, 1.165) is 20.4 Å². The number of aryl methyl sites for hydroxylation is 1. The van der Waals surface area contributed by atoms with Crippen molar-refractivity contribution < 1.29 is 9.36 Å². The van der Waals surface area contributed by atoms with E-state index in [0.29, 0.717) is 21.6 Å². The van der Waals surface area contributed by atoms with Crippen molar-refractivity contribution in [2.24, 2.45) is 12.0 Å². The molecule has 2 aliphatic rings. The molecular formula is C23H20ClN4OS3+. The van der Waals surface area contributed by atoms with E-state index in [9.17, 15) is 4.79 Å². The molecule has 9 heteroatoms. The Bertz CT molecular complexity index is 1340. The van der Waals surface area contributed by atoms with Gasteiger partial charge in [0.15, 0.2) is 0 Å². The first-order chi connectivity index (χ1) is 15.5. The van der Waals surface area contributed by atoms with Crippen LogP contribution in [0.15, 0.2) is 74.4 Å². The van der Waals surface area contributed by atoms with Crippen LogP contribution in [0.5, 0.6) is 0 Å². The number of carbonyl (C=O) groups is 1. The molecule has 0 unspecified atom stereocenters. The molecule has 0 aliphatic carbocycles. The van der Waals surface area contributed by atoms with Crippen molar-refractivity contribution in [1.29, 1.82) is 0 Å². The summed E-state index contributed by atoms with van der Waals surface area (Å²) < 4.78 is 3.10. The normalized spacial score (nSPS) is 19.9. The first-order valence-electron chi connectivity index (χ1n) is 10.1. The number of nitrogens with zero attached hydrogens (tertiary/aromatic N) is 4. The zero-order chi connectivity index (χ0) is 22.4. The van der Waals surface area contributed by atoms with Crippen molar-refractivity contribution >= 4 is 78.6 Å². The number of para-hydroxylation sites is 1. The third kappa shape index (κ3) is 3.75. The fourth-order valence-corrected chi connectivity index (χ4v) is 6.99. The van der Waals surface area contributed by atoms with Gasteiger partial charge in [0.05, 0.1) is 27.4 Å². The highest BCUT2D eigenvalue weighted by Gasteiger charge is 2.36. The number of benzene rings is 2. The molecule has 0 atom stereocenters. The Kier molecular flexibility index (Phi) is 5.79. The van der Waals surface area contributed by atoms with Gasteiger partial charge >= 0.3 is 5.13 Å². The lowest BCUT2D eigenvalue weighted by atomic mass is 10.3. The largest absolute Gasteiger partial charge is 0.385 e. The molecule has 3 aromatic rings. The summed E-state index contributed by atoms with van der Waals surface area (Å²) >= 11 is 10.8. The quantitative estimate of drug-likeness (QED) is 0.331. The monoisotopic (exact) mass is 499 g/mol. The minimum atomic E-state index is -0.0110. The summed E-state index contributed by atoms with van der Waals surface area (Å²) in [6.07, 6.45) is 3.93. The molecule has 0 radical (unpaired) electrons. The van der Waals surface area contributed by atoms with Gasteiger partial charge in [0.1, 0.15) is 5.52 Å². The van der Waals surface area contributed by atoms with Crippen molar-refractivity contribution in [2.45, 2.75) is 11.8 Å². The summed E-state index contributed by atoms with van der Waals surface area (Å²) in [6.45, 7) is 2.54. The Labute approximate surface area is 204 Å². The van der Waals surface area contributed by atoms with Gasteiger partial charge in [0, 0.05) is 23.5 Å². The summed E-state index contributed by atoms with van der Waals surface area (Å²) in [5.41, 5.74) is 2.25. The molecule has 2 aromatic carbocycles. The number of thioether (sulfide) groups is 2. The van der Waals surface area contributed by atoms with Crippen molar-refractivity contribution in [2.75, 3.05) is 18.5 Å². The van der Waals surface area contributed by atoms with Gasteiger partial charge in [-0.05, 0) is 77.5 Å². The molecule has 32 heavy (non-hydrogen) atoms. The van der Waals surface area contributed by atoms with Crippen LogP contribution < -0.4 is 9.47 Å². The summed E-state index contributed by atoms with van der Waals surface area (Å²) in [5.74, 6) is -0.0110. The first kappa shape index (κ1) is 21.6. The van der Waals surface area contributed by atoms with E-state index < -0.39 is 0 Å². The number of hydrogen-bond acceptors (Lipinski definition) is 6. The molecule has 5 nitrogen and oxygen atoms in total. The maximum absolute atomic E-state index is 13.0. The molecule has 5 rings (SSSR count). The molecule has 2 aliphatic heterocycles. The highest BCUT2D eigenvalue weighted by atomic mass is 35.5. The van der Waals surface area contributed by atoms with Crippen LogP contribution in [-0.4, -0.2) is 29.6 Å². The summed E-state index contributed by atoms with van der Waals surface area (Å²) in [5, 5.41) is 3.32. The average molecular weight is 500 g/mol. The van der Waals surface area contributed by atoms with Gasteiger partial charge in [0.2, 0.25) is 0 Å². The minimum absolute atomic E-state index is 0.0110. The summed E-state index contributed by atoms with van der Waals surface area (Å²) in [7, 11) is 4.03. The third-order valence-electron chi connectivity index (χ3n) is 5.32. The van der Waals surface area contributed by atoms with E-state index in [1.54, 1.807) is 28.0 Å². The molecule has 0 N–H and O–H groups in total. The van der Waals surface area contributed by atoms with Gasteiger partial charge in [-0.2, -0.15) is 0 Å². The van der Waals surface area contributed by atoms with Crippen LogP contribution in [0, 0.1) is 0 Å². The smallest absolute Gasteiger partial charge is 0.338 e. The number of rotatable bonds is 3. The molecule has 1 amide bonds. The van der Waals surface area contributed by atoms with E-state index in [2.05, 4.69) is 17.0 Å². The fraction of sp³-hybridized carbons (Fsp3) is 0.174. The number of anilines is 1. The van der Waals surface area contributed by atoms with Crippen molar-refractivity contribution in [3.63, 3.8) is 0 Å². The van der Waals surface area contributed by atoms with Crippen molar-refractivity contribution in [3.8, 4) is 0 Å². The number of halogens is 1. The molecule has 0 bridgehead atoms. The average Bonchev–Trinajstić information content (AvgIpc) is 3.38. The van der Waals surface area contributed by atoms with Crippen molar-refractivity contribution in [3.05, 3.63) is 69.6 Å². The topological polar surface area (TPSA) is 39.8 Å². The number of allylic oxidation sites excluding steroid dienone is 2. The van der Waals surface area contributed by atoms with E-state index in [1.807, 2.05) is 68.1 Å². The molecule has 1 fully saturated rings. The second kappa shape index (κ2) is 8.59. The number of carbonyl (C=O) groups excluding carboxylic acids is 1. The summed E-state index contributed by atoms with van der Waals surface area (Å²) in [4.78, 5) is 23.7. The van der Waals surface area contributed by atoms with E-state index in [1.165, 1.54) is 22.3 Å². The number of fused-ring (bicyclic) bond motifs is 2.